The minimum atomic E-state index is -0.846. The Bertz CT molecular complexity index is 2360. The second-order valence-corrected chi connectivity index (χ2v) is 20.6. The zero-order valence-corrected chi connectivity index (χ0v) is 38.0. The standard InChI is InChI=1S/C47H62N8O5S/c1-10-54-37-12-11-29-17-31(37)33(42(54)32-18-30(22-48-40(32)28(4)59-9)53-15-13-52(8)14-16-53)20-46(5,6)25-60-45(58)41-34-21-47(34,7)24-55(51-41)44(57)35(19-38-49-36(29)23-61-38)50-43(56)39-26(2)27(39)3/h11-12,17-18,22-23,26-28,34-35,39,41,51H,10,13-16,19-21,24-25H2,1-9H3,(H,50,56). The number of carbonyl (C=O) groups excluding carboxylic acids is 3. The van der Waals surface area contributed by atoms with Crippen LogP contribution in [0.5, 0.6) is 0 Å². The fourth-order valence-corrected chi connectivity index (χ4v) is 11.1. The number of pyridine rings is 1. The van der Waals surface area contributed by atoms with Gasteiger partial charge in [-0.2, -0.15) is 0 Å². The molecule has 326 valence electrons. The third kappa shape index (κ3) is 7.76. The van der Waals surface area contributed by atoms with Gasteiger partial charge in [-0.25, -0.2) is 10.4 Å². The number of nitrogens with zero attached hydrogens (tertiary/aromatic N) is 6. The van der Waals surface area contributed by atoms with Crippen LogP contribution in [0.15, 0.2) is 35.8 Å². The minimum absolute atomic E-state index is 0.0503. The molecule has 9 rings (SSSR count). The van der Waals surface area contributed by atoms with E-state index in [2.05, 4.69) is 110 Å². The van der Waals surface area contributed by atoms with E-state index in [0.29, 0.717) is 13.0 Å². The number of carbonyl (C=O) groups is 3. The third-order valence-corrected chi connectivity index (χ3v) is 15.5. The number of rotatable bonds is 7. The topological polar surface area (TPSA) is 134 Å². The summed E-state index contributed by atoms with van der Waals surface area (Å²) in [7, 11) is 3.90. The summed E-state index contributed by atoms with van der Waals surface area (Å²) in [5.74, 6) is -0.274. The van der Waals surface area contributed by atoms with E-state index >= 15 is 0 Å². The largest absolute Gasteiger partial charge is 0.464 e. The number of cyclic esters (lactones) is 1. The van der Waals surface area contributed by atoms with Crippen molar-refractivity contribution in [2.45, 2.75) is 92.5 Å². The summed E-state index contributed by atoms with van der Waals surface area (Å²) in [6.07, 6.45) is 3.41. The molecular weight excluding hydrogens is 789 g/mol. The molecule has 4 fully saturated rings. The quantitative estimate of drug-likeness (QED) is 0.210. The molecule has 7 atom stereocenters. The van der Waals surface area contributed by atoms with Crippen LogP contribution < -0.4 is 15.6 Å². The van der Waals surface area contributed by atoms with Gasteiger partial charge < -0.3 is 29.2 Å². The second kappa shape index (κ2) is 15.8. The summed E-state index contributed by atoms with van der Waals surface area (Å²) in [6.45, 7) is 20.0. The van der Waals surface area contributed by atoms with Gasteiger partial charge in [0.05, 0.1) is 46.7 Å². The van der Waals surface area contributed by atoms with Gasteiger partial charge in [-0.3, -0.25) is 24.4 Å². The van der Waals surface area contributed by atoms with E-state index in [1.165, 1.54) is 11.3 Å². The molecule has 0 radical (unpaired) electrons. The molecule has 2 saturated heterocycles. The summed E-state index contributed by atoms with van der Waals surface area (Å²) in [6, 6.07) is 7.36. The van der Waals surface area contributed by atoms with Gasteiger partial charge >= 0.3 is 5.97 Å². The maximum atomic E-state index is 14.5. The SMILES string of the molecule is CCn1c(-c2cc(N3CCN(C)CC3)cnc2C(C)OC)c2c3cc(ccc31)-c1csc(n1)CC(NC(=O)C1C(C)C1C)C(=O)N1CC3(C)CC3C(N1)C(=O)OCC(C)(C)C2. The van der Waals surface area contributed by atoms with Crippen LogP contribution in [-0.2, 0) is 43.2 Å². The molecule has 61 heavy (non-hydrogen) atoms. The zero-order chi connectivity index (χ0) is 43.1. The van der Waals surface area contributed by atoms with E-state index in [9.17, 15) is 14.4 Å². The number of anilines is 1. The summed E-state index contributed by atoms with van der Waals surface area (Å²) < 4.78 is 14.7. The van der Waals surface area contributed by atoms with E-state index in [1.807, 2.05) is 6.20 Å². The van der Waals surface area contributed by atoms with Crippen molar-refractivity contribution in [2.24, 2.45) is 34.5 Å². The molecule has 14 heteroatoms. The number of amides is 2. The van der Waals surface area contributed by atoms with Gasteiger partial charge in [-0.15, -0.1) is 11.3 Å². The van der Waals surface area contributed by atoms with Crippen LogP contribution in [-0.4, -0.2) is 108 Å². The third-order valence-electron chi connectivity index (χ3n) is 14.6. The Morgan fingerprint density at radius 1 is 1.11 bits per heavy atom. The number of hydrazine groups is 1. The average Bonchev–Trinajstić information content (AvgIpc) is 3.94. The molecule has 0 spiro atoms. The second-order valence-electron chi connectivity index (χ2n) is 19.7. The Kier molecular flexibility index (Phi) is 10.8. The Balaban J connectivity index is 1.17. The summed E-state index contributed by atoms with van der Waals surface area (Å²) in [4.78, 5) is 57.4. The van der Waals surface area contributed by atoms with E-state index in [1.54, 1.807) is 12.1 Å². The van der Waals surface area contributed by atoms with E-state index in [-0.39, 0.29) is 66.0 Å². The van der Waals surface area contributed by atoms with Crippen molar-refractivity contribution in [3.8, 4) is 22.5 Å². The van der Waals surface area contributed by atoms with Crippen LogP contribution >= 0.6 is 11.3 Å². The lowest BCUT2D eigenvalue weighted by Crippen LogP contribution is -2.62. The number of methoxy groups -OCH3 is 1. The molecule has 4 aromatic rings. The lowest BCUT2D eigenvalue weighted by atomic mass is 9.84. The maximum absolute atomic E-state index is 14.5. The van der Waals surface area contributed by atoms with Gasteiger partial charge in [0.25, 0.3) is 5.91 Å². The highest BCUT2D eigenvalue weighted by molar-refractivity contribution is 7.10. The molecule has 6 bridgehead atoms. The van der Waals surface area contributed by atoms with E-state index < -0.39 is 17.5 Å². The van der Waals surface area contributed by atoms with Gasteiger partial charge in [0.2, 0.25) is 5.91 Å². The first-order valence-corrected chi connectivity index (χ1v) is 23.1. The van der Waals surface area contributed by atoms with Crippen molar-refractivity contribution < 1.29 is 23.9 Å². The smallest absolute Gasteiger partial charge is 0.325 e. The average molecular weight is 851 g/mol. The predicted octanol–water partition coefficient (Wildman–Crippen LogP) is 6.10. The first-order chi connectivity index (χ1) is 29.1. The van der Waals surface area contributed by atoms with Crippen molar-refractivity contribution in [1.82, 2.24) is 35.2 Å². The molecule has 3 aliphatic heterocycles. The summed E-state index contributed by atoms with van der Waals surface area (Å²) in [5, 5.41) is 8.63. The molecule has 2 aliphatic carbocycles. The van der Waals surface area contributed by atoms with Crippen LogP contribution in [0.2, 0.25) is 0 Å². The number of hydrogen-bond donors (Lipinski definition) is 2. The van der Waals surface area contributed by atoms with Crippen molar-refractivity contribution in [1.29, 1.82) is 0 Å². The van der Waals surface area contributed by atoms with Crippen molar-refractivity contribution >= 4 is 45.7 Å². The minimum Gasteiger partial charge on any atom is -0.464 e. The molecular formula is C47H62N8O5S. The van der Waals surface area contributed by atoms with Crippen LogP contribution in [0.1, 0.15) is 77.3 Å². The number of nitrogens with one attached hydrogen (secondary N) is 2. The number of hydrogen-bond acceptors (Lipinski definition) is 11. The normalized spacial score (nSPS) is 29.5. The van der Waals surface area contributed by atoms with E-state index in [4.69, 9.17) is 19.4 Å². The number of aryl methyl sites for hydroxylation is 1. The molecule has 5 aliphatic rings. The van der Waals surface area contributed by atoms with Gasteiger partial charge in [0, 0.05) is 91.5 Å². The van der Waals surface area contributed by atoms with Gasteiger partial charge in [0.15, 0.2) is 0 Å². The van der Waals surface area contributed by atoms with Crippen LogP contribution in [0.25, 0.3) is 33.4 Å². The highest BCUT2D eigenvalue weighted by atomic mass is 32.1. The van der Waals surface area contributed by atoms with Gasteiger partial charge in [-0.1, -0.05) is 40.7 Å². The predicted molar refractivity (Wildman–Crippen MR) is 238 cm³/mol. The number of ether oxygens (including phenoxy) is 2. The molecule has 3 aromatic heterocycles. The van der Waals surface area contributed by atoms with E-state index in [0.717, 1.165) is 94.5 Å². The van der Waals surface area contributed by atoms with Gasteiger partial charge in [-0.05, 0) is 80.7 Å². The van der Waals surface area contributed by atoms with Crippen molar-refractivity contribution in [3.05, 3.63) is 52.1 Å². The fourth-order valence-electron chi connectivity index (χ4n) is 10.3. The highest BCUT2D eigenvalue weighted by Gasteiger charge is 2.61. The van der Waals surface area contributed by atoms with Gasteiger partial charge in [0.1, 0.15) is 12.1 Å². The molecule has 13 nitrogen and oxygen atoms in total. The fraction of sp³-hybridized carbons (Fsp3) is 0.596. The molecule has 2 amide bonds. The lowest BCUT2D eigenvalue weighted by molar-refractivity contribution is -0.157. The number of esters is 1. The van der Waals surface area contributed by atoms with Crippen molar-refractivity contribution in [3.63, 3.8) is 0 Å². The monoisotopic (exact) mass is 850 g/mol. The maximum Gasteiger partial charge on any atom is 0.325 e. The number of thiazole rings is 1. The summed E-state index contributed by atoms with van der Waals surface area (Å²) in [5.41, 5.74) is 10.8. The number of likely N-dealkylation sites (N-methyl/N-ethyl adjacent to an activating group) is 1. The number of fused-ring (bicyclic) bond motifs is 8. The first-order valence-electron chi connectivity index (χ1n) is 22.2. The first kappa shape index (κ1) is 42.0. The number of benzene rings is 1. The van der Waals surface area contributed by atoms with Crippen molar-refractivity contribution in [2.75, 3.05) is 58.4 Å². The molecule has 7 unspecified atom stereocenters. The van der Waals surface area contributed by atoms with Crippen LogP contribution in [0.3, 0.4) is 0 Å². The lowest BCUT2D eigenvalue weighted by Gasteiger charge is -2.38. The number of piperazine rings is 1. The summed E-state index contributed by atoms with van der Waals surface area (Å²) >= 11 is 1.50. The number of aromatic nitrogens is 3. The Morgan fingerprint density at radius 3 is 2.57 bits per heavy atom. The Morgan fingerprint density at radius 2 is 1.87 bits per heavy atom. The van der Waals surface area contributed by atoms with Crippen LogP contribution in [0.4, 0.5) is 5.69 Å². The molecule has 6 heterocycles. The molecule has 2 N–H and O–H groups in total. The Labute approximate surface area is 363 Å². The Hall–Kier alpha value is -4.37. The zero-order valence-electron chi connectivity index (χ0n) is 37.2. The molecule has 1 aromatic carbocycles. The van der Waals surface area contributed by atoms with Crippen LogP contribution in [0, 0.1) is 34.5 Å². The molecule has 2 saturated carbocycles. The highest BCUT2D eigenvalue weighted by Crippen LogP contribution is 2.57.